The Hall–Kier alpha value is -2.21. The number of methoxy groups -OCH3 is 2. The number of anilines is 1. The first-order valence-corrected chi connectivity index (χ1v) is 8.23. The highest BCUT2D eigenvalue weighted by atomic mass is 32.1. The van der Waals surface area contributed by atoms with Crippen molar-refractivity contribution >= 4 is 23.1 Å². The summed E-state index contributed by atoms with van der Waals surface area (Å²) < 4.78 is 10.4. The summed E-state index contributed by atoms with van der Waals surface area (Å²) in [6.07, 6.45) is 0.818. The van der Waals surface area contributed by atoms with E-state index in [9.17, 15) is 4.79 Å². The Morgan fingerprint density at radius 3 is 2.61 bits per heavy atom. The van der Waals surface area contributed by atoms with E-state index in [1.54, 1.807) is 43.8 Å². The van der Waals surface area contributed by atoms with Crippen LogP contribution in [0.5, 0.6) is 11.5 Å². The molecule has 5 nitrogen and oxygen atoms in total. The number of hydrogen-bond donors (Lipinski definition) is 2. The van der Waals surface area contributed by atoms with Crippen molar-refractivity contribution in [2.24, 2.45) is 0 Å². The highest BCUT2D eigenvalue weighted by molar-refractivity contribution is 7.10. The lowest BCUT2D eigenvalue weighted by Crippen LogP contribution is -2.30. The molecule has 0 bridgehead atoms. The predicted octanol–water partition coefficient (Wildman–Crippen LogP) is 3.75. The summed E-state index contributed by atoms with van der Waals surface area (Å²) in [5.41, 5.74) is 3.17. The van der Waals surface area contributed by atoms with Gasteiger partial charge in [0.05, 0.1) is 19.9 Å². The monoisotopic (exact) mass is 334 g/mol. The Kier molecular flexibility index (Phi) is 5.87. The van der Waals surface area contributed by atoms with Crippen molar-refractivity contribution in [3.63, 3.8) is 0 Å². The van der Waals surface area contributed by atoms with Crippen LogP contribution in [-0.4, -0.2) is 26.8 Å². The van der Waals surface area contributed by atoms with Gasteiger partial charge in [0.25, 0.3) is 0 Å². The molecule has 1 aromatic heterocycles. The Balaban J connectivity index is 1.91. The molecule has 0 saturated carbocycles. The van der Waals surface area contributed by atoms with Gasteiger partial charge in [-0.15, -0.1) is 11.3 Å². The zero-order valence-corrected chi connectivity index (χ0v) is 14.7. The molecule has 23 heavy (non-hydrogen) atoms. The van der Waals surface area contributed by atoms with Gasteiger partial charge >= 0.3 is 6.03 Å². The average molecular weight is 334 g/mol. The maximum Gasteiger partial charge on any atom is 0.319 e. The summed E-state index contributed by atoms with van der Waals surface area (Å²) in [4.78, 5) is 13.4. The molecule has 1 heterocycles. The summed E-state index contributed by atoms with van der Waals surface area (Å²) in [5, 5.41) is 7.80. The van der Waals surface area contributed by atoms with Crippen molar-refractivity contribution in [1.29, 1.82) is 0 Å². The van der Waals surface area contributed by atoms with Gasteiger partial charge in [0.2, 0.25) is 0 Å². The van der Waals surface area contributed by atoms with Crippen LogP contribution in [0.1, 0.15) is 16.0 Å². The molecule has 0 radical (unpaired) electrons. The molecule has 2 N–H and O–H groups in total. The molecule has 2 aromatic rings. The molecule has 2 rings (SSSR count). The van der Waals surface area contributed by atoms with E-state index in [1.165, 1.54) is 16.0 Å². The second kappa shape index (κ2) is 7.87. The number of rotatable bonds is 6. The first-order chi connectivity index (χ1) is 11.0. The maximum absolute atomic E-state index is 12.0. The second-order valence-corrected chi connectivity index (χ2v) is 6.22. The third-order valence-electron chi connectivity index (χ3n) is 3.72. The number of carbonyl (C=O) groups is 1. The summed E-state index contributed by atoms with van der Waals surface area (Å²) in [7, 11) is 3.14. The fourth-order valence-electron chi connectivity index (χ4n) is 2.20. The molecule has 0 aliphatic heterocycles. The zero-order valence-electron chi connectivity index (χ0n) is 13.9. The SMILES string of the molecule is COc1ccc(OC)c(NC(=O)NCCc2csc(C)c2C)c1. The Morgan fingerprint density at radius 2 is 2.00 bits per heavy atom. The summed E-state index contributed by atoms with van der Waals surface area (Å²) >= 11 is 1.74. The molecular formula is C17H22N2O3S. The van der Waals surface area contributed by atoms with Gasteiger partial charge < -0.3 is 20.1 Å². The number of amides is 2. The van der Waals surface area contributed by atoms with Gasteiger partial charge in [0, 0.05) is 17.5 Å². The Bertz CT molecular complexity index is 682. The van der Waals surface area contributed by atoms with Crippen LogP contribution in [0.25, 0.3) is 0 Å². The van der Waals surface area contributed by atoms with Crippen LogP contribution in [-0.2, 0) is 6.42 Å². The number of hydrogen-bond acceptors (Lipinski definition) is 4. The number of aryl methyl sites for hydroxylation is 1. The lowest BCUT2D eigenvalue weighted by molar-refractivity contribution is 0.252. The molecule has 0 aliphatic rings. The molecule has 6 heteroatoms. The van der Waals surface area contributed by atoms with Gasteiger partial charge in [-0.2, -0.15) is 0 Å². The van der Waals surface area contributed by atoms with Gasteiger partial charge in [-0.1, -0.05) is 0 Å². The van der Waals surface area contributed by atoms with Crippen molar-refractivity contribution in [2.75, 3.05) is 26.1 Å². The Morgan fingerprint density at radius 1 is 1.22 bits per heavy atom. The fraction of sp³-hybridized carbons (Fsp3) is 0.353. The van der Waals surface area contributed by atoms with E-state index in [0.717, 1.165) is 6.42 Å². The smallest absolute Gasteiger partial charge is 0.319 e. The quantitative estimate of drug-likeness (QED) is 0.846. The lowest BCUT2D eigenvalue weighted by Gasteiger charge is -2.12. The van der Waals surface area contributed by atoms with Crippen molar-refractivity contribution < 1.29 is 14.3 Å². The lowest BCUT2D eigenvalue weighted by atomic mass is 10.1. The molecule has 0 atom stereocenters. The largest absolute Gasteiger partial charge is 0.497 e. The van der Waals surface area contributed by atoms with Crippen molar-refractivity contribution in [3.05, 3.63) is 39.6 Å². The first-order valence-electron chi connectivity index (χ1n) is 7.35. The number of thiophene rings is 1. The van der Waals surface area contributed by atoms with E-state index in [2.05, 4.69) is 29.9 Å². The number of carbonyl (C=O) groups excluding carboxylic acids is 1. The van der Waals surface area contributed by atoms with Crippen molar-refractivity contribution in [2.45, 2.75) is 20.3 Å². The molecule has 0 unspecified atom stereocenters. The van der Waals surface area contributed by atoms with Crippen LogP contribution in [0.15, 0.2) is 23.6 Å². The summed E-state index contributed by atoms with van der Waals surface area (Å²) in [6, 6.07) is 5.00. The highest BCUT2D eigenvalue weighted by Crippen LogP contribution is 2.28. The van der Waals surface area contributed by atoms with Crippen LogP contribution in [0, 0.1) is 13.8 Å². The van der Waals surface area contributed by atoms with E-state index >= 15 is 0 Å². The van der Waals surface area contributed by atoms with Gasteiger partial charge in [0.1, 0.15) is 11.5 Å². The molecule has 0 aliphatic carbocycles. The van der Waals surface area contributed by atoms with Crippen LogP contribution in [0.3, 0.4) is 0 Å². The normalized spacial score (nSPS) is 10.3. The minimum Gasteiger partial charge on any atom is -0.497 e. The number of benzene rings is 1. The topological polar surface area (TPSA) is 59.6 Å². The first kappa shape index (κ1) is 17.1. The van der Waals surface area contributed by atoms with E-state index in [4.69, 9.17) is 9.47 Å². The van der Waals surface area contributed by atoms with Crippen LogP contribution in [0.4, 0.5) is 10.5 Å². The van der Waals surface area contributed by atoms with E-state index < -0.39 is 0 Å². The molecule has 0 spiro atoms. The third-order valence-corrected chi connectivity index (χ3v) is 4.78. The molecule has 1 aromatic carbocycles. The summed E-state index contributed by atoms with van der Waals surface area (Å²) in [5.74, 6) is 1.25. The number of urea groups is 1. The average Bonchev–Trinajstić information content (AvgIpc) is 2.87. The minimum atomic E-state index is -0.263. The number of nitrogens with one attached hydrogen (secondary N) is 2. The second-order valence-electron chi connectivity index (χ2n) is 5.14. The van der Waals surface area contributed by atoms with Crippen molar-refractivity contribution in [1.82, 2.24) is 5.32 Å². The molecule has 0 saturated heterocycles. The van der Waals surface area contributed by atoms with Crippen LogP contribution >= 0.6 is 11.3 Å². The number of ether oxygens (including phenoxy) is 2. The minimum absolute atomic E-state index is 0.263. The maximum atomic E-state index is 12.0. The zero-order chi connectivity index (χ0) is 16.8. The van der Waals surface area contributed by atoms with Crippen LogP contribution in [0.2, 0.25) is 0 Å². The van der Waals surface area contributed by atoms with Gasteiger partial charge in [-0.05, 0) is 48.9 Å². The predicted molar refractivity (Wildman–Crippen MR) is 94.1 cm³/mol. The Labute approximate surface area is 140 Å². The van der Waals surface area contributed by atoms with E-state index in [1.807, 2.05) is 0 Å². The third kappa shape index (κ3) is 4.39. The highest BCUT2D eigenvalue weighted by Gasteiger charge is 2.09. The van der Waals surface area contributed by atoms with Gasteiger partial charge in [-0.3, -0.25) is 0 Å². The molecule has 124 valence electrons. The van der Waals surface area contributed by atoms with E-state index in [0.29, 0.717) is 23.7 Å². The summed E-state index contributed by atoms with van der Waals surface area (Å²) in [6.45, 7) is 4.80. The van der Waals surface area contributed by atoms with E-state index in [-0.39, 0.29) is 6.03 Å². The molecular weight excluding hydrogens is 312 g/mol. The standard InChI is InChI=1S/C17H22N2O3S/c1-11-12(2)23-10-13(11)7-8-18-17(20)19-15-9-14(21-3)5-6-16(15)22-4/h5-6,9-10H,7-8H2,1-4H3,(H2,18,19,20). The van der Waals surface area contributed by atoms with Crippen LogP contribution < -0.4 is 20.1 Å². The van der Waals surface area contributed by atoms with Gasteiger partial charge in [0.15, 0.2) is 0 Å². The fourth-order valence-corrected chi connectivity index (χ4v) is 3.12. The van der Waals surface area contributed by atoms with Crippen molar-refractivity contribution in [3.8, 4) is 11.5 Å². The molecule has 0 fully saturated rings. The molecule has 2 amide bonds. The van der Waals surface area contributed by atoms with Gasteiger partial charge in [-0.25, -0.2) is 4.79 Å².